The maximum absolute atomic E-state index is 12.2. The fourth-order valence-corrected chi connectivity index (χ4v) is 3.92. The maximum Gasteiger partial charge on any atom is 0.317 e. The van der Waals surface area contributed by atoms with E-state index in [0.29, 0.717) is 6.54 Å². The molecule has 2 aliphatic heterocycles. The molecule has 1 fully saturated rings. The lowest BCUT2D eigenvalue weighted by Gasteiger charge is -2.34. The summed E-state index contributed by atoms with van der Waals surface area (Å²) in [6.45, 7) is 5.21. The van der Waals surface area contributed by atoms with E-state index in [-0.39, 0.29) is 12.1 Å². The van der Waals surface area contributed by atoms with Crippen LogP contribution in [0.3, 0.4) is 0 Å². The van der Waals surface area contributed by atoms with Gasteiger partial charge in [-0.15, -0.1) is 0 Å². The summed E-state index contributed by atoms with van der Waals surface area (Å²) in [5.74, 6) is 0. The predicted molar refractivity (Wildman–Crippen MR) is 98.4 cm³/mol. The van der Waals surface area contributed by atoms with E-state index >= 15 is 0 Å². The molecular formula is C19H26N6O. The summed E-state index contributed by atoms with van der Waals surface area (Å²) in [7, 11) is 0. The van der Waals surface area contributed by atoms with Gasteiger partial charge in [-0.3, -0.25) is 14.6 Å². The van der Waals surface area contributed by atoms with Crippen LogP contribution in [-0.2, 0) is 13.1 Å². The molecule has 0 spiro atoms. The van der Waals surface area contributed by atoms with Crippen molar-refractivity contribution in [2.24, 2.45) is 0 Å². The number of aromatic nitrogens is 3. The lowest BCUT2D eigenvalue weighted by atomic mass is 10.1. The Kier molecular flexibility index (Phi) is 5.15. The number of nitrogens with zero attached hydrogens (tertiary/aromatic N) is 5. The van der Waals surface area contributed by atoms with Crippen molar-refractivity contribution in [3.8, 4) is 0 Å². The number of fused-ring (bicyclic) bond motifs is 1. The highest BCUT2D eigenvalue weighted by molar-refractivity contribution is 5.74. The molecule has 7 nitrogen and oxygen atoms in total. The van der Waals surface area contributed by atoms with E-state index < -0.39 is 0 Å². The summed E-state index contributed by atoms with van der Waals surface area (Å²) < 4.78 is 2.13. The van der Waals surface area contributed by atoms with E-state index in [1.54, 1.807) is 0 Å². The number of hydrogen-bond donors (Lipinski definition) is 1. The average Bonchev–Trinajstić information content (AvgIpc) is 3.34. The molecule has 2 aliphatic rings. The normalized spacial score (nSPS) is 20.2. The number of nitrogens with one attached hydrogen (secondary N) is 1. The number of likely N-dealkylation sites (tertiary alicyclic amines) is 1. The molecule has 1 saturated heterocycles. The third kappa shape index (κ3) is 3.88. The number of pyridine rings is 1. The highest BCUT2D eigenvalue weighted by Crippen LogP contribution is 2.24. The lowest BCUT2D eigenvalue weighted by molar-refractivity contribution is 0.160. The van der Waals surface area contributed by atoms with E-state index in [4.69, 9.17) is 0 Å². The minimum absolute atomic E-state index is 0.0765. The molecule has 7 heteroatoms. The summed E-state index contributed by atoms with van der Waals surface area (Å²) >= 11 is 0. The molecular weight excluding hydrogens is 328 g/mol. The first-order valence-corrected chi connectivity index (χ1v) is 9.46. The Hall–Kier alpha value is -2.41. The van der Waals surface area contributed by atoms with Crippen LogP contribution in [-0.4, -0.2) is 56.8 Å². The van der Waals surface area contributed by atoms with Crippen LogP contribution in [0.25, 0.3) is 0 Å². The van der Waals surface area contributed by atoms with Crippen LogP contribution in [0.1, 0.15) is 36.6 Å². The number of amides is 2. The molecule has 4 rings (SSSR count). The van der Waals surface area contributed by atoms with Crippen molar-refractivity contribution in [3.05, 3.63) is 48.0 Å². The van der Waals surface area contributed by atoms with Gasteiger partial charge in [-0.05, 0) is 43.0 Å². The molecule has 2 aromatic heterocycles. The zero-order valence-electron chi connectivity index (χ0n) is 15.0. The number of carbonyl (C=O) groups excluding carboxylic acids is 1. The van der Waals surface area contributed by atoms with Crippen LogP contribution in [0.5, 0.6) is 0 Å². The Morgan fingerprint density at radius 1 is 1.15 bits per heavy atom. The van der Waals surface area contributed by atoms with Gasteiger partial charge in [0.15, 0.2) is 0 Å². The average molecular weight is 354 g/mol. The maximum atomic E-state index is 12.2. The smallest absolute Gasteiger partial charge is 0.317 e. The number of urea groups is 1. The lowest BCUT2D eigenvalue weighted by Crippen LogP contribution is -2.41. The Bertz CT molecular complexity index is 725. The van der Waals surface area contributed by atoms with Gasteiger partial charge in [0.1, 0.15) is 0 Å². The zero-order valence-corrected chi connectivity index (χ0v) is 15.0. The Morgan fingerprint density at radius 3 is 2.77 bits per heavy atom. The van der Waals surface area contributed by atoms with Crippen molar-refractivity contribution < 1.29 is 4.79 Å². The van der Waals surface area contributed by atoms with Gasteiger partial charge >= 0.3 is 6.03 Å². The predicted octanol–water partition coefficient (Wildman–Crippen LogP) is 2.03. The first-order valence-electron chi connectivity index (χ1n) is 9.46. The Balaban J connectivity index is 1.35. The number of carbonyl (C=O) groups is 1. The molecule has 1 atom stereocenters. The second kappa shape index (κ2) is 7.86. The SMILES string of the molecule is O=C(NCC[C@@H]1CN(Cc2ccncc2)Cc2ccnn21)N1CCCC1. The first-order chi connectivity index (χ1) is 12.8. The van der Waals surface area contributed by atoms with E-state index in [1.165, 1.54) is 11.3 Å². The van der Waals surface area contributed by atoms with Gasteiger partial charge in [0, 0.05) is 57.9 Å². The molecule has 26 heavy (non-hydrogen) atoms. The van der Waals surface area contributed by atoms with Gasteiger partial charge in [0.25, 0.3) is 0 Å². The van der Waals surface area contributed by atoms with Gasteiger partial charge in [0.05, 0.1) is 11.7 Å². The second-order valence-corrected chi connectivity index (χ2v) is 7.16. The van der Waals surface area contributed by atoms with Crippen molar-refractivity contribution >= 4 is 6.03 Å². The summed E-state index contributed by atoms with van der Waals surface area (Å²) in [5.41, 5.74) is 2.51. The van der Waals surface area contributed by atoms with Gasteiger partial charge < -0.3 is 10.2 Å². The zero-order chi connectivity index (χ0) is 17.8. The highest BCUT2D eigenvalue weighted by atomic mass is 16.2. The summed E-state index contributed by atoms with van der Waals surface area (Å²) in [6, 6.07) is 6.59. The van der Waals surface area contributed by atoms with Crippen molar-refractivity contribution in [1.82, 2.24) is 29.9 Å². The summed E-state index contributed by atoms with van der Waals surface area (Å²) in [6.07, 6.45) is 8.69. The first kappa shape index (κ1) is 17.0. The number of rotatable bonds is 5. The molecule has 0 bridgehead atoms. The van der Waals surface area contributed by atoms with Crippen LogP contribution in [0, 0.1) is 0 Å². The topological polar surface area (TPSA) is 66.3 Å². The fourth-order valence-electron chi connectivity index (χ4n) is 3.92. The molecule has 1 N–H and O–H groups in total. The molecule has 0 unspecified atom stereocenters. The van der Waals surface area contributed by atoms with E-state index in [9.17, 15) is 4.79 Å². The molecule has 4 heterocycles. The minimum atomic E-state index is 0.0765. The largest absolute Gasteiger partial charge is 0.338 e. The van der Waals surface area contributed by atoms with Crippen molar-refractivity contribution in [2.75, 3.05) is 26.2 Å². The van der Waals surface area contributed by atoms with Crippen molar-refractivity contribution in [3.63, 3.8) is 0 Å². The Labute approximate surface area is 154 Å². The van der Waals surface area contributed by atoms with Crippen LogP contribution in [0.15, 0.2) is 36.8 Å². The van der Waals surface area contributed by atoms with E-state index in [1.807, 2.05) is 23.5 Å². The quantitative estimate of drug-likeness (QED) is 0.892. The molecule has 2 aromatic rings. The fraction of sp³-hybridized carbons (Fsp3) is 0.526. The highest BCUT2D eigenvalue weighted by Gasteiger charge is 2.26. The Morgan fingerprint density at radius 2 is 1.96 bits per heavy atom. The van der Waals surface area contributed by atoms with Gasteiger partial charge in [-0.2, -0.15) is 5.10 Å². The summed E-state index contributed by atoms with van der Waals surface area (Å²) in [5, 5.41) is 7.59. The minimum Gasteiger partial charge on any atom is -0.338 e. The molecule has 0 aliphatic carbocycles. The standard InChI is InChI=1S/C19H26N6O/c26-19(24-11-1-2-12-24)21-9-5-17-14-23(13-16-3-7-20-8-4-16)15-18-6-10-22-25(17)18/h3-4,6-8,10,17H,1-2,5,9,11-15H2,(H,21,26)/t17-/m1/s1. The third-order valence-corrected chi connectivity index (χ3v) is 5.26. The number of hydrogen-bond acceptors (Lipinski definition) is 4. The van der Waals surface area contributed by atoms with Crippen LogP contribution >= 0.6 is 0 Å². The van der Waals surface area contributed by atoms with Crippen LogP contribution in [0.2, 0.25) is 0 Å². The molecule has 138 valence electrons. The van der Waals surface area contributed by atoms with Crippen molar-refractivity contribution in [2.45, 2.75) is 38.4 Å². The molecule has 0 radical (unpaired) electrons. The third-order valence-electron chi connectivity index (χ3n) is 5.26. The van der Waals surface area contributed by atoms with E-state index in [2.05, 4.69) is 43.2 Å². The molecule has 2 amide bonds. The van der Waals surface area contributed by atoms with E-state index in [0.717, 1.165) is 52.0 Å². The van der Waals surface area contributed by atoms with Crippen LogP contribution in [0.4, 0.5) is 4.79 Å². The van der Waals surface area contributed by atoms with Crippen LogP contribution < -0.4 is 5.32 Å². The van der Waals surface area contributed by atoms with Crippen molar-refractivity contribution in [1.29, 1.82) is 0 Å². The van der Waals surface area contributed by atoms with Gasteiger partial charge in [-0.25, -0.2) is 4.79 Å². The summed E-state index contributed by atoms with van der Waals surface area (Å²) in [4.78, 5) is 20.6. The van der Waals surface area contributed by atoms with Gasteiger partial charge in [0.2, 0.25) is 0 Å². The van der Waals surface area contributed by atoms with Gasteiger partial charge in [-0.1, -0.05) is 0 Å². The second-order valence-electron chi connectivity index (χ2n) is 7.16. The molecule has 0 aromatic carbocycles. The monoisotopic (exact) mass is 354 g/mol. The molecule has 0 saturated carbocycles.